The molecular weight excluding hydrogens is 2400 g/mol. The second-order valence-corrected chi connectivity index (χ2v) is 56.1. The van der Waals surface area contributed by atoms with E-state index in [2.05, 4.69) is 436 Å². The van der Waals surface area contributed by atoms with Gasteiger partial charge in [0.2, 0.25) is 0 Å². The summed E-state index contributed by atoms with van der Waals surface area (Å²) in [5.74, 6) is 0.935. The summed E-state index contributed by atoms with van der Waals surface area (Å²) in [6, 6.07) is 159. The van der Waals surface area contributed by atoms with Crippen molar-refractivity contribution in [3.05, 3.63) is 490 Å². The number of aryl methyl sites for hydroxylation is 3. The molecule has 0 fully saturated rings. The van der Waals surface area contributed by atoms with Crippen LogP contribution >= 0.6 is 0 Å². The predicted molar refractivity (Wildman–Crippen MR) is 636 cm³/mol. The number of benzene rings is 18. The molecule has 24 aromatic rings. The first-order valence-electron chi connectivity index (χ1n) is 54.7. The van der Waals surface area contributed by atoms with E-state index in [9.17, 15) is 0 Å². The molecule has 6 aromatic heterocycles. The minimum absolute atomic E-state index is 0. The van der Waals surface area contributed by atoms with Gasteiger partial charge < -0.3 is 29.9 Å². The third-order valence-corrected chi connectivity index (χ3v) is 33.2. The summed E-state index contributed by atoms with van der Waals surface area (Å²) >= 11 is 0. The molecule has 0 aliphatic carbocycles. The fourth-order valence-corrected chi connectivity index (χ4v) is 22.3. The van der Waals surface area contributed by atoms with E-state index in [1.165, 1.54) is 175 Å². The third kappa shape index (κ3) is 24.7. The third-order valence-electron chi connectivity index (χ3n) is 27.1. The van der Waals surface area contributed by atoms with Crippen LogP contribution in [0.2, 0.25) is 58.9 Å². The average molecular weight is 2530 g/mol. The zero-order chi connectivity index (χ0) is 110. The van der Waals surface area contributed by atoms with Crippen molar-refractivity contribution in [2.75, 3.05) is 0 Å². The fraction of sp³-hybridized carbons (Fsp3) is 0.130. The summed E-state index contributed by atoms with van der Waals surface area (Å²) in [4.78, 5) is 26.9. The Morgan fingerprint density at radius 3 is 0.800 bits per heavy atom. The molecule has 6 nitrogen and oxygen atoms in total. The number of aromatic nitrogens is 6. The predicted octanol–water partition coefficient (Wildman–Crippen LogP) is 35.5. The van der Waals surface area contributed by atoms with Crippen LogP contribution < -0.4 is 15.6 Å². The smallest absolute Gasteiger partial charge is 0.0795 e. The minimum atomic E-state index is -2.16. The van der Waals surface area contributed by atoms with Crippen LogP contribution in [0.15, 0.2) is 425 Å². The Morgan fingerprint density at radius 2 is 0.487 bits per heavy atom. The van der Waals surface area contributed by atoms with Gasteiger partial charge in [0.1, 0.15) is 0 Å². The van der Waals surface area contributed by atoms with Crippen molar-refractivity contribution in [2.24, 2.45) is 0 Å². The quantitative estimate of drug-likeness (QED) is 0.0613. The Kier molecular flexibility index (Phi) is 31.0. The number of pyridine rings is 6. The van der Waals surface area contributed by atoms with Crippen LogP contribution in [0.1, 0.15) is 80.1 Å². The van der Waals surface area contributed by atoms with Crippen LogP contribution in [0.4, 0.5) is 0 Å². The summed E-state index contributed by atoms with van der Waals surface area (Å²) in [6.07, 6.45) is 6.19. The number of hydrogen-bond donors (Lipinski definition) is 0. The number of fused-ring (bicyclic) bond motifs is 18. The van der Waals surface area contributed by atoms with E-state index in [4.69, 9.17) is 27.3 Å². The molecule has 24 rings (SSSR count). The number of hydrogen-bond acceptors (Lipinski definition) is 6. The molecule has 0 bridgehead atoms. The van der Waals surface area contributed by atoms with E-state index < -0.39 is 44.8 Å². The largest absolute Gasteiger partial charge is 0.305 e. The minimum Gasteiger partial charge on any atom is -0.305 e. The van der Waals surface area contributed by atoms with E-state index in [1.54, 1.807) is 54.6 Å². The molecule has 3 radical (unpaired) electrons. The molecule has 0 aliphatic heterocycles. The van der Waals surface area contributed by atoms with Gasteiger partial charge in [-0.3, -0.25) is 0 Å². The van der Waals surface area contributed by atoms with E-state index in [1.807, 2.05) is 54.6 Å². The van der Waals surface area contributed by atoms with Crippen LogP contribution in [0.3, 0.4) is 0 Å². The Morgan fingerprint density at radius 1 is 0.213 bits per heavy atom. The fourth-order valence-electron chi connectivity index (χ4n) is 19.2. The zero-order valence-electron chi connectivity index (χ0n) is 95.3. The molecule has 18 aromatic carbocycles. The SMILES string of the molecule is CC(C)c1ccccc1-c1ccc2c3cc(-c4ccc([Si](C)(C)C)cn4)[c-]cc3c3ccccc3c2c1.CC(C)c1ccccc1-c1ccc2c3ccccc3c3c[c-]c(-c4ccc([Si](C)(C)C)cn4)cc3c2c1.C[Si](C)(C)c1ccc(-c2[c-]cc3c4ccccc4c4cc(-c5ccccc5)ccc4c3c2)nc1.[2H]C([2H])([2H])c1cccc(-c2[c-]cccc2)n1.[2H]C([2H])([2H])c1cccc(-c2[c-]cccc2)n1.[2H]C([2H])([2H])c1cccc(-c2[c-]cccc2)n1.[Ir].[Ir].[Ir]. The second kappa shape index (κ2) is 48.2. The zero-order valence-corrected chi connectivity index (χ0v) is 96.4. The number of rotatable bonds is 14. The Balaban J connectivity index is 0.000000139. The molecule has 0 atom stereocenters. The van der Waals surface area contributed by atoms with Crippen LogP contribution in [-0.4, -0.2) is 54.1 Å². The standard InChI is InChI=1S/2C35H32NSi.C32H26NSi.3C12H10N.3Ir/c1-23(2)27-10-6-7-11-28(27)24-14-17-32-33(20-24)30-13-9-8-12-29(30)31-18-15-25(21-34(31)32)35-19-16-26(22-36-35)37(3,4)5;1-23(2)27-10-6-7-11-28(27)24-14-17-31-29-12-8-9-13-30(29)32-18-15-25(21-34(32)33(31)20-24)35-19-16-26(22-36-35)37(3,4)5;1-34(2,3)25-15-18-32(33-21-25)24-14-17-28-26-11-7-8-12-27(26)30-19-23(22-9-5-4-6-10-22)13-16-29(30)31(28)20-24;3*1-10-6-5-9-12(13-10)11-7-3-2-4-8-11;;;/h2*6-14,16-23H,1-5H3;4-13,15-21H,1-3H3;3*2-7,9H,1H3;;;/q6*-1;;;/i;;;3*1D3;;;. The van der Waals surface area contributed by atoms with Crippen molar-refractivity contribution in [1.29, 1.82) is 0 Å². The maximum atomic E-state index is 7.29. The van der Waals surface area contributed by atoms with Crippen LogP contribution in [-0.2, 0) is 60.3 Å². The summed E-state index contributed by atoms with van der Waals surface area (Å²) in [5.41, 5.74) is 21.1. The molecule has 12 heteroatoms. The molecule has 150 heavy (non-hydrogen) atoms. The van der Waals surface area contributed by atoms with Gasteiger partial charge in [0.05, 0.1) is 24.2 Å². The molecule has 0 aliphatic rings. The first-order valence-corrected chi connectivity index (χ1v) is 60.7. The molecule has 0 spiro atoms. The summed E-state index contributed by atoms with van der Waals surface area (Å²) < 4.78 is 65.6. The Bertz CT molecular complexity index is 9040. The normalized spacial score (nSPS) is 12.4. The van der Waals surface area contributed by atoms with E-state index in [0.717, 1.165) is 50.5 Å². The van der Waals surface area contributed by atoms with E-state index in [0.29, 0.717) is 28.9 Å². The maximum absolute atomic E-state index is 7.29. The van der Waals surface area contributed by atoms with Gasteiger partial charge in [0.15, 0.2) is 0 Å². The Hall–Kier alpha value is -14.2. The van der Waals surface area contributed by atoms with E-state index >= 15 is 0 Å². The summed E-state index contributed by atoms with van der Waals surface area (Å²) in [7, 11) is -4.15. The first-order chi connectivity index (χ1) is 74.8. The second-order valence-electron chi connectivity index (χ2n) is 40.9. The molecular formula is C138H120Ir3N6Si3-6. The Labute approximate surface area is 941 Å². The molecule has 0 saturated carbocycles. The molecule has 747 valence electrons. The summed E-state index contributed by atoms with van der Waals surface area (Å²) in [5, 5.41) is 26.9. The molecule has 0 saturated heterocycles. The van der Waals surface area contributed by atoms with Crippen molar-refractivity contribution in [3.8, 4) is 101 Å². The van der Waals surface area contributed by atoms with Crippen molar-refractivity contribution in [1.82, 2.24) is 29.9 Å². The van der Waals surface area contributed by atoms with Gasteiger partial charge in [-0.25, -0.2) is 0 Å². The molecule has 0 N–H and O–H groups in total. The van der Waals surface area contributed by atoms with Crippen molar-refractivity contribution in [2.45, 2.75) is 119 Å². The van der Waals surface area contributed by atoms with E-state index in [-0.39, 0.29) is 77.4 Å². The van der Waals surface area contributed by atoms with Crippen molar-refractivity contribution >= 4 is 137 Å². The molecule has 0 amide bonds. The first kappa shape index (κ1) is 96.6. The van der Waals surface area contributed by atoms with Gasteiger partial charge in [-0.1, -0.05) is 396 Å². The number of nitrogens with zero attached hydrogens (tertiary/aromatic N) is 6. The van der Waals surface area contributed by atoms with Gasteiger partial charge >= 0.3 is 0 Å². The van der Waals surface area contributed by atoms with Crippen LogP contribution in [0.25, 0.3) is 198 Å². The summed E-state index contributed by atoms with van der Waals surface area (Å²) in [6.45, 7) is 23.8. The van der Waals surface area contributed by atoms with Crippen molar-refractivity contribution in [3.63, 3.8) is 0 Å². The van der Waals surface area contributed by atoms with Crippen LogP contribution in [0.5, 0.6) is 0 Å². The van der Waals surface area contributed by atoms with Gasteiger partial charge in [0.25, 0.3) is 0 Å². The van der Waals surface area contributed by atoms with Gasteiger partial charge in [0, 0.05) is 108 Å². The van der Waals surface area contributed by atoms with Crippen molar-refractivity contribution < 1.29 is 72.7 Å². The molecule has 0 unspecified atom stereocenters. The van der Waals surface area contributed by atoms with Gasteiger partial charge in [-0.2, -0.15) is 0 Å². The monoisotopic (exact) mass is 2530 g/mol. The molecule has 6 heterocycles. The van der Waals surface area contributed by atoms with Gasteiger partial charge in [-0.15, -0.1) is 179 Å². The van der Waals surface area contributed by atoms with Gasteiger partial charge in [-0.05, 0) is 211 Å². The van der Waals surface area contributed by atoms with Crippen LogP contribution in [0, 0.1) is 57.0 Å². The maximum Gasteiger partial charge on any atom is 0.0795 e. The average Bonchev–Trinajstić information content (AvgIpc) is 0.738. The topological polar surface area (TPSA) is 77.3 Å².